The van der Waals surface area contributed by atoms with E-state index in [2.05, 4.69) is 6.07 Å². The Hall–Kier alpha value is -3.44. The summed E-state index contributed by atoms with van der Waals surface area (Å²) in [5, 5.41) is 20.2. The summed E-state index contributed by atoms with van der Waals surface area (Å²) in [5.41, 5.74) is 4.15. The number of hydrogen-bond acceptors (Lipinski definition) is 4. The number of rotatable bonds is 9. The fraction of sp³-hybridized carbons (Fsp3) is 0.310. The van der Waals surface area contributed by atoms with Gasteiger partial charge in [0.1, 0.15) is 5.75 Å². The number of ketones is 1. The van der Waals surface area contributed by atoms with Crippen LogP contribution >= 0.6 is 0 Å². The molecule has 5 nitrogen and oxygen atoms in total. The number of aliphatic hydroxyl groups excluding tert-OH is 1. The molecule has 1 aliphatic carbocycles. The number of carbonyl (C=O) groups is 2. The van der Waals surface area contributed by atoms with Gasteiger partial charge in [-0.15, -0.1) is 0 Å². The SMILES string of the molecule is Cc1cccc(CCOc2cc(C(=O)CC3(C(=O)O)Cc4ccccc4C3)ccc2C(C)O)c1. The molecule has 34 heavy (non-hydrogen) atoms. The van der Waals surface area contributed by atoms with E-state index in [4.69, 9.17) is 4.74 Å². The van der Waals surface area contributed by atoms with Crippen LogP contribution in [-0.4, -0.2) is 28.6 Å². The highest BCUT2D eigenvalue weighted by molar-refractivity contribution is 5.99. The topological polar surface area (TPSA) is 83.8 Å². The highest BCUT2D eigenvalue weighted by Gasteiger charge is 2.45. The number of aliphatic hydroxyl groups is 1. The predicted octanol–water partition coefficient (Wildman–Crippen LogP) is 5.11. The molecule has 5 heteroatoms. The lowest BCUT2D eigenvalue weighted by Crippen LogP contribution is -2.34. The average molecular weight is 459 g/mol. The maximum absolute atomic E-state index is 13.2. The summed E-state index contributed by atoms with van der Waals surface area (Å²) in [6.07, 6.45) is 0.534. The Morgan fingerprint density at radius 2 is 1.71 bits per heavy atom. The second-order valence-electron chi connectivity index (χ2n) is 9.32. The number of Topliss-reactive ketones (excluding diaryl/α,β-unsaturated/α-hetero) is 1. The van der Waals surface area contributed by atoms with Crippen molar-refractivity contribution >= 4 is 11.8 Å². The highest BCUT2D eigenvalue weighted by Crippen LogP contribution is 2.41. The summed E-state index contributed by atoms with van der Waals surface area (Å²) in [6, 6.07) is 20.8. The lowest BCUT2D eigenvalue weighted by atomic mass is 9.78. The fourth-order valence-electron chi connectivity index (χ4n) is 4.78. The molecule has 0 fully saturated rings. The lowest BCUT2D eigenvalue weighted by molar-refractivity contribution is -0.148. The molecule has 0 saturated heterocycles. The maximum atomic E-state index is 13.2. The van der Waals surface area contributed by atoms with Gasteiger partial charge in [0.15, 0.2) is 5.78 Å². The first-order chi connectivity index (χ1) is 16.3. The van der Waals surface area contributed by atoms with E-state index >= 15 is 0 Å². The molecule has 0 radical (unpaired) electrons. The number of benzene rings is 3. The van der Waals surface area contributed by atoms with Crippen molar-refractivity contribution in [3.05, 3.63) is 100 Å². The van der Waals surface area contributed by atoms with Crippen molar-refractivity contribution < 1.29 is 24.5 Å². The van der Waals surface area contributed by atoms with E-state index in [9.17, 15) is 19.8 Å². The van der Waals surface area contributed by atoms with Gasteiger partial charge in [0, 0.05) is 24.0 Å². The number of carboxylic acid groups (broad SMARTS) is 1. The zero-order valence-electron chi connectivity index (χ0n) is 19.6. The van der Waals surface area contributed by atoms with Gasteiger partial charge in [-0.25, -0.2) is 0 Å². The van der Waals surface area contributed by atoms with Crippen LogP contribution in [0.15, 0.2) is 66.7 Å². The normalized spacial score (nSPS) is 14.9. The number of aryl methyl sites for hydroxylation is 1. The largest absolute Gasteiger partial charge is 0.493 e. The molecule has 2 N–H and O–H groups in total. The number of carbonyl (C=O) groups excluding carboxylic acids is 1. The number of carboxylic acids is 1. The molecule has 0 spiro atoms. The van der Waals surface area contributed by atoms with Crippen molar-refractivity contribution in [2.24, 2.45) is 5.41 Å². The molecule has 0 aromatic heterocycles. The number of aliphatic carboxylic acids is 1. The van der Waals surface area contributed by atoms with Crippen LogP contribution in [0.25, 0.3) is 0 Å². The Morgan fingerprint density at radius 1 is 1.00 bits per heavy atom. The second kappa shape index (κ2) is 9.82. The molecule has 0 amide bonds. The van der Waals surface area contributed by atoms with Gasteiger partial charge in [0.25, 0.3) is 0 Å². The molecule has 3 aromatic rings. The lowest BCUT2D eigenvalue weighted by Gasteiger charge is -2.23. The van der Waals surface area contributed by atoms with Crippen LogP contribution < -0.4 is 4.74 Å². The van der Waals surface area contributed by atoms with Gasteiger partial charge in [0.2, 0.25) is 0 Å². The van der Waals surface area contributed by atoms with Crippen LogP contribution in [0.2, 0.25) is 0 Å². The molecular weight excluding hydrogens is 428 g/mol. The summed E-state index contributed by atoms with van der Waals surface area (Å²) >= 11 is 0. The number of hydrogen-bond donors (Lipinski definition) is 2. The van der Waals surface area contributed by atoms with E-state index in [-0.39, 0.29) is 12.2 Å². The standard InChI is InChI=1S/C29H30O5/c1-19-6-5-7-21(14-19)12-13-34-27-15-22(10-11-25(27)20(2)30)26(31)18-29(28(32)33)16-23-8-3-4-9-24(23)17-29/h3-11,14-15,20,30H,12-13,16-18H2,1-2H3,(H,32,33). The fourth-order valence-corrected chi connectivity index (χ4v) is 4.78. The van der Waals surface area contributed by atoms with Crippen LogP contribution in [0.3, 0.4) is 0 Å². The molecule has 0 bridgehead atoms. The van der Waals surface area contributed by atoms with E-state index in [0.29, 0.717) is 42.7 Å². The van der Waals surface area contributed by atoms with Gasteiger partial charge >= 0.3 is 5.97 Å². The third-order valence-electron chi connectivity index (χ3n) is 6.65. The van der Waals surface area contributed by atoms with Gasteiger partial charge in [-0.1, -0.05) is 66.2 Å². The molecule has 4 rings (SSSR count). The van der Waals surface area contributed by atoms with E-state index in [1.54, 1.807) is 25.1 Å². The van der Waals surface area contributed by atoms with Crippen molar-refractivity contribution in [1.82, 2.24) is 0 Å². The number of fused-ring (bicyclic) bond motifs is 1. The quantitative estimate of drug-likeness (QED) is 0.435. The van der Waals surface area contributed by atoms with Crippen LogP contribution in [0.5, 0.6) is 5.75 Å². The zero-order valence-corrected chi connectivity index (χ0v) is 19.6. The van der Waals surface area contributed by atoms with Crippen molar-refractivity contribution in [1.29, 1.82) is 0 Å². The van der Waals surface area contributed by atoms with Gasteiger partial charge < -0.3 is 14.9 Å². The third-order valence-corrected chi connectivity index (χ3v) is 6.65. The molecule has 3 aromatic carbocycles. The Kier molecular flexibility index (Phi) is 6.85. The van der Waals surface area contributed by atoms with Gasteiger partial charge in [-0.3, -0.25) is 9.59 Å². The van der Waals surface area contributed by atoms with Crippen molar-refractivity contribution in [3.8, 4) is 5.75 Å². The minimum atomic E-state index is -1.14. The maximum Gasteiger partial charge on any atom is 0.310 e. The van der Waals surface area contributed by atoms with Crippen molar-refractivity contribution in [2.45, 2.75) is 45.6 Å². The summed E-state index contributed by atoms with van der Waals surface area (Å²) in [5.74, 6) is -0.740. The van der Waals surface area contributed by atoms with Gasteiger partial charge in [-0.05, 0) is 49.4 Å². The number of ether oxygens (including phenoxy) is 1. The summed E-state index contributed by atoms with van der Waals surface area (Å²) in [7, 11) is 0. The average Bonchev–Trinajstić information content (AvgIpc) is 3.18. The molecule has 176 valence electrons. The molecule has 0 saturated carbocycles. The van der Waals surface area contributed by atoms with E-state index in [1.807, 2.05) is 49.4 Å². The summed E-state index contributed by atoms with van der Waals surface area (Å²) in [4.78, 5) is 25.5. The molecule has 1 unspecified atom stereocenters. The van der Waals surface area contributed by atoms with Crippen molar-refractivity contribution in [2.75, 3.05) is 6.61 Å². The smallest absolute Gasteiger partial charge is 0.310 e. The first-order valence-corrected chi connectivity index (χ1v) is 11.6. The Balaban J connectivity index is 1.52. The van der Waals surface area contributed by atoms with Crippen LogP contribution in [0.1, 0.15) is 57.6 Å². The minimum absolute atomic E-state index is 0.0895. The molecule has 0 heterocycles. The predicted molar refractivity (Wildman–Crippen MR) is 130 cm³/mol. The first-order valence-electron chi connectivity index (χ1n) is 11.6. The highest BCUT2D eigenvalue weighted by atomic mass is 16.5. The van der Waals surface area contributed by atoms with E-state index in [1.165, 1.54) is 5.56 Å². The van der Waals surface area contributed by atoms with E-state index < -0.39 is 17.5 Å². The third kappa shape index (κ3) is 5.05. The summed E-state index contributed by atoms with van der Waals surface area (Å²) < 4.78 is 6.00. The van der Waals surface area contributed by atoms with Crippen LogP contribution in [0, 0.1) is 12.3 Å². The molecule has 1 atom stereocenters. The van der Waals surface area contributed by atoms with Crippen molar-refractivity contribution in [3.63, 3.8) is 0 Å². The molecule has 1 aliphatic rings. The molecule has 0 aliphatic heterocycles. The van der Waals surface area contributed by atoms with Gasteiger partial charge in [0.05, 0.1) is 18.1 Å². The minimum Gasteiger partial charge on any atom is -0.493 e. The zero-order chi connectivity index (χ0) is 24.3. The second-order valence-corrected chi connectivity index (χ2v) is 9.32. The Morgan fingerprint density at radius 3 is 2.32 bits per heavy atom. The van der Waals surface area contributed by atoms with E-state index in [0.717, 1.165) is 16.7 Å². The Bertz CT molecular complexity index is 1190. The molecular formula is C29H30O5. The monoisotopic (exact) mass is 458 g/mol. The Labute approximate surface area is 200 Å². The van der Waals surface area contributed by atoms with Crippen LogP contribution in [-0.2, 0) is 24.1 Å². The summed E-state index contributed by atoms with van der Waals surface area (Å²) in [6.45, 7) is 4.09. The first kappa shape index (κ1) is 23.7. The van der Waals surface area contributed by atoms with Gasteiger partial charge in [-0.2, -0.15) is 0 Å². The van der Waals surface area contributed by atoms with Crippen LogP contribution in [0.4, 0.5) is 0 Å².